The number of aromatic nitrogens is 1. The van der Waals surface area contributed by atoms with E-state index in [9.17, 15) is 4.79 Å². The minimum atomic E-state index is 0.504. The summed E-state index contributed by atoms with van der Waals surface area (Å²) in [4.78, 5) is 18.2. The lowest BCUT2D eigenvalue weighted by atomic mass is 9.97. The molecule has 7 nitrogen and oxygen atoms in total. The van der Waals surface area contributed by atoms with Gasteiger partial charge in [0.15, 0.2) is 0 Å². The minimum Gasteiger partial charge on any atom is -0.497 e. The third-order valence-corrected chi connectivity index (χ3v) is 5.20. The van der Waals surface area contributed by atoms with Crippen molar-refractivity contribution in [1.82, 2.24) is 10.3 Å². The van der Waals surface area contributed by atoms with Crippen LogP contribution in [0.1, 0.15) is 18.4 Å². The fourth-order valence-corrected chi connectivity index (χ4v) is 3.53. The molecular formula is C21H29N5O2. The van der Waals surface area contributed by atoms with Crippen LogP contribution in [0.3, 0.4) is 0 Å². The number of anilines is 4. The van der Waals surface area contributed by atoms with Gasteiger partial charge in [-0.25, -0.2) is 4.98 Å². The maximum absolute atomic E-state index is 11.9. The first-order chi connectivity index (χ1) is 13.6. The van der Waals surface area contributed by atoms with Gasteiger partial charge in [-0.3, -0.25) is 4.79 Å². The first-order valence-electron chi connectivity index (χ1n) is 9.66. The van der Waals surface area contributed by atoms with Gasteiger partial charge in [-0.2, -0.15) is 0 Å². The van der Waals surface area contributed by atoms with Crippen LogP contribution in [0.25, 0.3) is 0 Å². The summed E-state index contributed by atoms with van der Waals surface area (Å²) < 4.78 is 5.27. The highest BCUT2D eigenvalue weighted by Crippen LogP contribution is 2.31. The van der Waals surface area contributed by atoms with Crippen molar-refractivity contribution in [1.29, 1.82) is 0 Å². The Morgan fingerprint density at radius 1 is 1.29 bits per heavy atom. The molecule has 1 aliphatic rings. The van der Waals surface area contributed by atoms with Crippen molar-refractivity contribution < 1.29 is 9.53 Å². The molecule has 1 fully saturated rings. The van der Waals surface area contributed by atoms with Crippen molar-refractivity contribution in [3.63, 3.8) is 0 Å². The predicted octanol–water partition coefficient (Wildman–Crippen LogP) is 3.15. The third-order valence-electron chi connectivity index (χ3n) is 5.20. The number of nitrogens with zero attached hydrogens (tertiary/aromatic N) is 2. The molecule has 0 radical (unpaired) electrons. The monoisotopic (exact) mass is 383 g/mol. The molecule has 0 bridgehead atoms. The molecule has 7 heteroatoms. The summed E-state index contributed by atoms with van der Waals surface area (Å²) in [5, 5.41) is 9.87. The zero-order chi connectivity index (χ0) is 19.9. The Kier molecular flexibility index (Phi) is 6.71. The van der Waals surface area contributed by atoms with E-state index >= 15 is 0 Å². The van der Waals surface area contributed by atoms with E-state index in [1.165, 1.54) is 0 Å². The lowest BCUT2D eigenvalue weighted by Crippen LogP contribution is -2.36. The van der Waals surface area contributed by atoms with Crippen LogP contribution >= 0.6 is 0 Å². The molecule has 0 aliphatic carbocycles. The van der Waals surface area contributed by atoms with E-state index in [0.29, 0.717) is 18.3 Å². The van der Waals surface area contributed by atoms with Gasteiger partial charge in [0.2, 0.25) is 6.41 Å². The summed E-state index contributed by atoms with van der Waals surface area (Å²) in [6.07, 6.45) is 4.84. The van der Waals surface area contributed by atoms with E-state index < -0.39 is 0 Å². The number of carbonyl (C=O) groups excluding carboxylic acids is 1. The molecule has 0 spiro atoms. The highest BCUT2D eigenvalue weighted by atomic mass is 16.5. The predicted molar refractivity (Wildman–Crippen MR) is 114 cm³/mol. The number of rotatable bonds is 8. The maximum atomic E-state index is 11.9. The number of nitrogens with one attached hydrogen (secondary N) is 3. The Balaban J connectivity index is 1.83. The van der Waals surface area contributed by atoms with Crippen molar-refractivity contribution >= 4 is 29.3 Å². The van der Waals surface area contributed by atoms with Crippen molar-refractivity contribution in [2.75, 3.05) is 49.3 Å². The van der Waals surface area contributed by atoms with Gasteiger partial charge in [-0.1, -0.05) is 0 Å². The molecule has 150 valence electrons. The van der Waals surface area contributed by atoms with Gasteiger partial charge < -0.3 is 25.6 Å². The van der Waals surface area contributed by atoms with E-state index in [4.69, 9.17) is 4.74 Å². The summed E-state index contributed by atoms with van der Waals surface area (Å²) in [6, 6.07) is 7.77. The quantitative estimate of drug-likeness (QED) is 0.608. The first-order valence-corrected chi connectivity index (χ1v) is 9.66. The second kappa shape index (κ2) is 9.41. The Morgan fingerprint density at radius 3 is 2.71 bits per heavy atom. The number of methoxy groups -OCH3 is 1. The van der Waals surface area contributed by atoms with E-state index in [1.807, 2.05) is 38.2 Å². The van der Waals surface area contributed by atoms with Crippen molar-refractivity contribution in [2.24, 2.45) is 5.92 Å². The molecule has 1 aromatic carbocycles. The van der Waals surface area contributed by atoms with Crippen LogP contribution in [0.2, 0.25) is 0 Å². The molecule has 0 atom stereocenters. The molecule has 0 unspecified atom stereocenters. The fraction of sp³-hybridized carbons (Fsp3) is 0.429. The van der Waals surface area contributed by atoms with Crippen molar-refractivity contribution in [3.8, 4) is 5.75 Å². The van der Waals surface area contributed by atoms with Crippen molar-refractivity contribution in [3.05, 3.63) is 36.0 Å². The average molecular weight is 383 g/mol. The number of pyridine rings is 1. The average Bonchev–Trinajstić information content (AvgIpc) is 2.74. The third kappa shape index (κ3) is 4.72. The van der Waals surface area contributed by atoms with Crippen LogP contribution in [0.4, 0.5) is 22.9 Å². The van der Waals surface area contributed by atoms with Gasteiger partial charge >= 0.3 is 0 Å². The number of piperidine rings is 1. The first kappa shape index (κ1) is 19.9. The number of ether oxygens (including phenoxy) is 1. The summed E-state index contributed by atoms with van der Waals surface area (Å²) in [5.41, 5.74) is 3.67. The van der Waals surface area contributed by atoms with Crippen LogP contribution in [-0.2, 0) is 4.79 Å². The molecule has 28 heavy (non-hydrogen) atoms. The van der Waals surface area contributed by atoms with Crippen LogP contribution in [0.5, 0.6) is 5.75 Å². The van der Waals surface area contributed by atoms with Gasteiger partial charge in [0.05, 0.1) is 24.7 Å². The van der Waals surface area contributed by atoms with Crippen LogP contribution in [0.15, 0.2) is 30.5 Å². The topological polar surface area (TPSA) is 78.5 Å². The smallest absolute Gasteiger partial charge is 0.214 e. The zero-order valence-electron chi connectivity index (χ0n) is 16.8. The molecular weight excluding hydrogens is 354 g/mol. The lowest BCUT2D eigenvalue weighted by molar-refractivity contribution is -0.107. The summed E-state index contributed by atoms with van der Waals surface area (Å²) in [5.74, 6) is 2.01. The number of amides is 1. The number of hydrogen-bond acceptors (Lipinski definition) is 6. The molecule has 1 amide bonds. The number of aryl methyl sites for hydroxylation is 1. The Hall–Kier alpha value is -2.80. The van der Waals surface area contributed by atoms with Crippen LogP contribution in [-0.4, -0.2) is 45.2 Å². The molecule has 1 saturated heterocycles. The summed E-state index contributed by atoms with van der Waals surface area (Å²) in [6.45, 7) is 4.75. The molecule has 3 N–H and O–H groups in total. The molecule has 1 aromatic heterocycles. The molecule has 1 aliphatic heterocycles. The van der Waals surface area contributed by atoms with E-state index in [-0.39, 0.29) is 0 Å². The fourth-order valence-electron chi connectivity index (χ4n) is 3.53. The molecule has 2 aromatic rings. The second-order valence-corrected chi connectivity index (χ2v) is 7.09. The molecule has 3 rings (SSSR count). The number of carbonyl (C=O) groups is 1. The summed E-state index contributed by atoms with van der Waals surface area (Å²) in [7, 11) is 3.50. The number of benzene rings is 1. The Bertz CT molecular complexity index is 805. The standard InChI is InChI=1S/C21H29N5O2/c1-15-10-17(28-3)4-5-18(15)25-21-11-20(19(22-2)12-24-21)26(14-27)13-16-6-8-23-9-7-16/h4-5,10-12,14,16,22-23H,6-9,13H2,1-3H3,(H,24,25). The highest BCUT2D eigenvalue weighted by molar-refractivity contribution is 5.85. The lowest BCUT2D eigenvalue weighted by Gasteiger charge is -2.29. The van der Waals surface area contributed by atoms with Gasteiger partial charge in [-0.05, 0) is 62.5 Å². The maximum Gasteiger partial charge on any atom is 0.214 e. The Morgan fingerprint density at radius 2 is 2.07 bits per heavy atom. The largest absolute Gasteiger partial charge is 0.497 e. The normalized spacial score (nSPS) is 14.4. The molecule has 0 saturated carbocycles. The number of hydrogen-bond donors (Lipinski definition) is 3. The molecule has 2 heterocycles. The summed E-state index contributed by atoms with van der Waals surface area (Å²) >= 11 is 0. The van der Waals surface area contributed by atoms with Gasteiger partial charge in [0.25, 0.3) is 0 Å². The van der Waals surface area contributed by atoms with Crippen molar-refractivity contribution in [2.45, 2.75) is 19.8 Å². The second-order valence-electron chi connectivity index (χ2n) is 7.09. The SMILES string of the molecule is CNc1cnc(Nc2ccc(OC)cc2C)cc1N(C=O)CC1CCNCC1. The van der Waals surface area contributed by atoms with Gasteiger partial charge in [0.1, 0.15) is 11.6 Å². The van der Waals surface area contributed by atoms with E-state index in [1.54, 1.807) is 18.2 Å². The van der Waals surface area contributed by atoms with E-state index in [0.717, 1.165) is 60.7 Å². The van der Waals surface area contributed by atoms with Crippen LogP contribution < -0.4 is 25.6 Å². The van der Waals surface area contributed by atoms with Gasteiger partial charge in [-0.15, -0.1) is 0 Å². The highest BCUT2D eigenvalue weighted by Gasteiger charge is 2.19. The van der Waals surface area contributed by atoms with Gasteiger partial charge in [0, 0.05) is 25.3 Å². The zero-order valence-corrected chi connectivity index (χ0v) is 16.8. The van der Waals surface area contributed by atoms with Crippen LogP contribution in [0, 0.1) is 12.8 Å². The Labute approximate surface area is 166 Å². The minimum absolute atomic E-state index is 0.504. The van der Waals surface area contributed by atoms with E-state index in [2.05, 4.69) is 20.9 Å².